The Morgan fingerprint density at radius 1 is 1.33 bits per heavy atom. The highest BCUT2D eigenvalue weighted by Crippen LogP contribution is 2.45. The summed E-state index contributed by atoms with van der Waals surface area (Å²) in [5.41, 5.74) is 7.76. The van der Waals surface area contributed by atoms with Crippen LogP contribution >= 0.6 is 0 Å². The number of rotatable bonds is 5. The number of hydrogen-bond acceptors (Lipinski definition) is 7. The molecule has 2 aliphatic heterocycles. The number of allylic oxidation sites excluding steroid dienone is 1. The maximum absolute atomic E-state index is 15.0. The number of nitrogens with two attached hydrogens (primary N) is 1. The number of hydrogen-bond donors (Lipinski definition) is 3. The molecule has 0 spiro atoms. The highest BCUT2D eigenvalue weighted by Gasteiger charge is 2.45. The minimum absolute atomic E-state index is 0.123. The van der Waals surface area contributed by atoms with Gasteiger partial charge in [-0.25, -0.2) is 14.2 Å². The molecule has 0 saturated heterocycles. The van der Waals surface area contributed by atoms with Gasteiger partial charge in [-0.3, -0.25) is 9.59 Å². The molecule has 4 heterocycles. The van der Waals surface area contributed by atoms with Gasteiger partial charge in [0.1, 0.15) is 12.4 Å². The highest BCUT2D eigenvalue weighted by molar-refractivity contribution is 5.94. The summed E-state index contributed by atoms with van der Waals surface area (Å²) >= 11 is 0. The van der Waals surface area contributed by atoms with E-state index in [-0.39, 0.29) is 42.0 Å². The fraction of sp³-hybridized carbons (Fsp3) is 0.379. The van der Waals surface area contributed by atoms with Crippen LogP contribution in [0.1, 0.15) is 65.6 Å². The predicted octanol–water partition coefficient (Wildman–Crippen LogP) is 2.54. The number of amides is 1. The third-order valence-corrected chi connectivity index (χ3v) is 8.16. The van der Waals surface area contributed by atoms with Crippen LogP contribution in [0.25, 0.3) is 22.3 Å². The zero-order chi connectivity index (χ0) is 27.6. The summed E-state index contributed by atoms with van der Waals surface area (Å²) < 4.78 is 21.7. The van der Waals surface area contributed by atoms with E-state index in [0.29, 0.717) is 54.7 Å². The van der Waals surface area contributed by atoms with Crippen molar-refractivity contribution in [3.63, 3.8) is 0 Å². The van der Waals surface area contributed by atoms with Crippen LogP contribution in [-0.4, -0.2) is 33.1 Å². The second kappa shape index (κ2) is 9.10. The lowest BCUT2D eigenvalue weighted by atomic mass is 9.81. The quantitative estimate of drug-likeness (QED) is 0.265. The number of carbonyl (C=O) groups excluding carboxylic acids is 2. The monoisotopic (exact) mass is 532 g/mol. The van der Waals surface area contributed by atoms with Crippen molar-refractivity contribution >= 4 is 22.8 Å². The van der Waals surface area contributed by atoms with Gasteiger partial charge in [-0.05, 0) is 68.5 Å². The number of pyridine rings is 2. The molecule has 2 atom stereocenters. The van der Waals surface area contributed by atoms with Crippen LogP contribution < -0.4 is 16.6 Å². The zero-order valence-electron chi connectivity index (χ0n) is 21.8. The van der Waals surface area contributed by atoms with Crippen molar-refractivity contribution in [1.29, 1.82) is 0 Å². The first-order chi connectivity index (χ1) is 18.7. The van der Waals surface area contributed by atoms with E-state index in [1.807, 2.05) is 0 Å². The molecule has 0 bridgehead atoms. The van der Waals surface area contributed by atoms with E-state index in [2.05, 4.69) is 5.32 Å². The Bertz CT molecular complexity index is 1680. The van der Waals surface area contributed by atoms with Gasteiger partial charge < -0.3 is 25.5 Å². The molecular weight excluding hydrogens is 503 g/mol. The standard InChI is InChI=1S/C29H29FN4O5/c1-3-8-29(38)18-10-22-26-16(12-34(22)27(36)17(18)13-39-28(29)37)25-20(32-23(35)5-4-9-31)7-6-15-14(2)19(30)11-21(33-26)24(15)25/h3,8,10-11,20,38H,4-7,9,12-13,31H2,1-2H3,(H,32,35)/b8-3-/t20-,29-/m0/s1. The number of aromatic nitrogens is 2. The second-order valence-electron chi connectivity index (χ2n) is 10.4. The Morgan fingerprint density at radius 2 is 2.13 bits per heavy atom. The zero-order valence-corrected chi connectivity index (χ0v) is 21.8. The number of nitrogens with one attached hydrogen (secondary N) is 1. The highest BCUT2D eigenvalue weighted by atomic mass is 19.1. The molecule has 6 rings (SSSR count). The van der Waals surface area contributed by atoms with Gasteiger partial charge in [-0.1, -0.05) is 6.08 Å². The summed E-state index contributed by atoms with van der Waals surface area (Å²) in [5, 5.41) is 15.2. The van der Waals surface area contributed by atoms with Crippen LogP contribution in [0.2, 0.25) is 0 Å². The fourth-order valence-electron chi connectivity index (χ4n) is 6.25. The lowest BCUT2D eigenvalue weighted by molar-refractivity contribution is -0.166. The first-order valence-electron chi connectivity index (χ1n) is 13.1. The normalized spacial score (nSPS) is 21.1. The lowest BCUT2D eigenvalue weighted by Gasteiger charge is -2.30. The molecule has 202 valence electrons. The van der Waals surface area contributed by atoms with Crippen LogP contribution in [0.15, 0.2) is 29.1 Å². The molecule has 1 amide bonds. The van der Waals surface area contributed by atoms with Gasteiger partial charge in [0.25, 0.3) is 5.56 Å². The molecule has 3 aromatic rings. The van der Waals surface area contributed by atoms with Crippen LogP contribution in [-0.2, 0) is 39.5 Å². The number of fused-ring (bicyclic) bond motifs is 5. The maximum Gasteiger partial charge on any atom is 0.347 e. The number of cyclic esters (lactones) is 1. The first kappa shape index (κ1) is 25.4. The van der Waals surface area contributed by atoms with Crippen LogP contribution in [0.3, 0.4) is 0 Å². The van der Waals surface area contributed by atoms with E-state index in [0.717, 1.165) is 22.1 Å². The third-order valence-electron chi connectivity index (χ3n) is 8.16. The van der Waals surface area contributed by atoms with E-state index < -0.39 is 17.1 Å². The van der Waals surface area contributed by atoms with Gasteiger partial charge in [0.2, 0.25) is 11.5 Å². The van der Waals surface area contributed by atoms with Crippen molar-refractivity contribution in [2.24, 2.45) is 5.73 Å². The summed E-state index contributed by atoms with van der Waals surface area (Å²) in [6.45, 7) is 3.75. The van der Waals surface area contributed by atoms with E-state index in [1.165, 1.54) is 18.2 Å². The third kappa shape index (κ3) is 3.65. The molecule has 10 heteroatoms. The van der Waals surface area contributed by atoms with Crippen molar-refractivity contribution in [1.82, 2.24) is 14.9 Å². The largest absolute Gasteiger partial charge is 0.458 e. The molecule has 0 saturated carbocycles. The molecule has 0 fully saturated rings. The topological polar surface area (TPSA) is 137 Å². The van der Waals surface area contributed by atoms with Gasteiger partial charge in [0.15, 0.2) is 0 Å². The van der Waals surface area contributed by atoms with Gasteiger partial charge in [0.05, 0.1) is 35.1 Å². The number of nitrogens with zero attached hydrogens (tertiary/aromatic N) is 2. The van der Waals surface area contributed by atoms with E-state index in [1.54, 1.807) is 24.5 Å². The first-order valence-corrected chi connectivity index (χ1v) is 13.1. The number of ether oxygens (including phenoxy) is 1. The summed E-state index contributed by atoms with van der Waals surface area (Å²) in [6, 6.07) is 2.65. The molecule has 9 nitrogen and oxygen atoms in total. The molecule has 2 aromatic heterocycles. The smallest absolute Gasteiger partial charge is 0.347 e. The average Bonchev–Trinajstić information content (AvgIpc) is 3.28. The van der Waals surface area contributed by atoms with Crippen molar-refractivity contribution in [2.45, 2.75) is 64.3 Å². The molecule has 0 radical (unpaired) electrons. The molecular formula is C29H29FN4O5. The Morgan fingerprint density at radius 3 is 2.87 bits per heavy atom. The minimum atomic E-state index is -2.11. The summed E-state index contributed by atoms with van der Waals surface area (Å²) in [7, 11) is 0. The molecule has 0 unspecified atom stereocenters. The van der Waals surface area contributed by atoms with Gasteiger partial charge >= 0.3 is 5.97 Å². The van der Waals surface area contributed by atoms with Crippen LogP contribution in [0, 0.1) is 12.7 Å². The fourth-order valence-corrected chi connectivity index (χ4v) is 6.25. The van der Waals surface area contributed by atoms with Crippen LogP contribution in [0.4, 0.5) is 4.39 Å². The Kier molecular flexibility index (Phi) is 5.92. The number of esters is 1. The number of halogens is 1. The van der Waals surface area contributed by atoms with Gasteiger partial charge in [-0.2, -0.15) is 0 Å². The van der Waals surface area contributed by atoms with Crippen molar-refractivity contribution in [2.75, 3.05) is 6.54 Å². The average molecular weight is 533 g/mol. The number of aryl methyl sites for hydroxylation is 1. The van der Waals surface area contributed by atoms with Gasteiger partial charge in [0, 0.05) is 29.0 Å². The predicted molar refractivity (Wildman–Crippen MR) is 141 cm³/mol. The second-order valence-corrected chi connectivity index (χ2v) is 10.4. The summed E-state index contributed by atoms with van der Waals surface area (Å²) in [6.07, 6.45) is 4.83. The van der Waals surface area contributed by atoms with Crippen molar-refractivity contribution in [3.05, 3.63) is 73.8 Å². The van der Waals surface area contributed by atoms with Gasteiger partial charge in [-0.15, -0.1) is 0 Å². The maximum atomic E-state index is 15.0. The lowest BCUT2D eigenvalue weighted by Crippen LogP contribution is -2.43. The summed E-state index contributed by atoms with van der Waals surface area (Å²) in [5.74, 6) is -1.35. The van der Waals surface area contributed by atoms with Crippen molar-refractivity contribution < 1.29 is 23.8 Å². The van der Waals surface area contributed by atoms with Crippen LogP contribution in [0.5, 0.6) is 0 Å². The molecule has 39 heavy (non-hydrogen) atoms. The number of aliphatic hydroxyl groups is 1. The Hall–Kier alpha value is -3.89. The van der Waals surface area contributed by atoms with E-state index in [9.17, 15) is 23.9 Å². The summed E-state index contributed by atoms with van der Waals surface area (Å²) in [4.78, 5) is 43.9. The van der Waals surface area contributed by atoms with E-state index in [4.69, 9.17) is 15.5 Å². The molecule has 1 aromatic carbocycles. The number of carbonyl (C=O) groups is 2. The van der Waals surface area contributed by atoms with Crippen molar-refractivity contribution in [3.8, 4) is 11.4 Å². The SMILES string of the molecule is C/C=C\[C@@]1(O)C(=O)OCc2c1cc1n(c2=O)Cc2c-1nc1cc(F)c(C)c3c1c2[C@@H](NC(=O)CCCN)CC3. The molecule has 4 N–H and O–H groups in total. The molecule has 1 aliphatic carbocycles. The number of benzene rings is 1. The Balaban J connectivity index is 1.60. The molecule has 3 aliphatic rings. The Labute approximate surface area is 223 Å². The minimum Gasteiger partial charge on any atom is -0.458 e. The van der Waals surface area contributed by atoms with E-state index >= 15 is 0 Å².